The lowest BCUT2D eigenvalue weighted by molar-refractivity contribution is 0.462. The molecule has 0 radical (unpaired) electrons. The molecule has 0 fully saturated rings. The average Bonchev–Trinajstić information content (AvgIpc) is 2.14. The maximum absolute atomic E-state index is 10.7. The molecule has 0 unspecified atom stereocenters. The summed E-state index contributed by atoms with van der Waals surface area (Å²) < 4.78 is 0. The first-order valence-electron chi connectivity index (χ1n) is 4.13. The molecule has 0 aromatic carbocycles. The minimum absolute atomic E-state index is 0.522. The summed E-state index contributed by atoms with van der Waals surface area (Å²) >= 11 is 5.76. The van der Waals surface area contributed by atoms with Gasteiger partial charge in [0, 0.05) is 24.5 Å². The molecule has 0 aliphatic heterocycles. The van der Waals surface area contributed by atoms with Crippen LogP contribution >= 0.6 is 11.6 Å². The molecule has 0 amide bonds. The zero-order valence-electron chi connectivity index (χ0n) is 8.12. The van der Waals surface area contributed by atoms with Crippen molar-refractivity contribution in [1.82, 2.24) is 9.88 Å². The Labute approximate surface area is 88.0 Å². The number of nitrogens with zero attached hydrogens (tertiary/aromatic N) is 2. The highest BCUT2D eigenvalue weighted by molar-refractivity contribution is 6.30. The Morgan fingerprint density at radius 1 is 1.57 bits per heavy atom. The van der Waals surface area contributed by atoms with E-state index in [4.69, 9.17) is 11.6 Å². The summed E-state index contributed by atoms with van der Waals surface area (Å²) in [6, 6.07) is 1.71. The van der Waals surface area contributed by atoms with Gasteiger partial charge in [0.15, 0.2) is 0 Å². The van der Waals surface area contributed by atoms with E-state index in [-0.39, 0.29) is 0 Å². The number of hydrogen-bond donors (Lipinski definition) is 0. The van der Waals surface area contributed by atoms with Crippen molar-refractivity contribution in [2.45, 2.75) is 0 Å². The van der Waals surface area contributed by atoms with E-state index < -0.39 is 0 Å². The maximum atomic E-state index is 10.7. The van der Waals surface area contributed by atoms with Gasteiger partial charge in [0.1, 0.15) is 5.94 Å². The van der Waals surface area contributed by atoms with E-state index in [2.05, 4.69) is 4.98 Å². The van der Waals surface area contributed by atoms with Crippen LogP contribution in [0.2, 0.25) is 5.02 Å². The highest BCUT2D eigenvalue weighted by atomic mass is 35.5. The lowest BCUT2D eigenvalue weighted by atomic mass is 10.1. The normalized spacial score (nSPS) is 10.0. The van der Waals surface area contributed by atoms with Crippen LogP contribution in [0, 0.1) is 0 Å². The van der Waals surface area contributed by atoms with Gasteiger partial charge in [-0.25, -0.2) is 4.79 Å². The van der Waals surface area contributed by atoms with Gasteiger partial charge < -0.3 is 4.90 Å². The molecule has 0 bridgehead atoms. The fourth-order valence-corrected chi connectivity index (χ4v) is 1.25. The van der Waals surface area contributed by atoms with Crippen LogP contribution in [0.25, 0.3) is 5.57 Å². The first-order chi connectivity index (χ1) is 6.63. The zero-order chi connectivity index (χ0) is 10.6. The minimum atomic E-state index is 0.522. The van der Waals surface area contributed by atoms with E-state index in [0.717, 1.165) is 5.56 Å². The van der Waals surface area contributed by atoms with Crippen molar-refractivity contribution in [3.63, 3.8) is 0 Å². The lowest BCUT2D eigenvalue weighted by Gasteiger charge is -2.10. The van der Waals surface area contributed by atoms with Crippen molar-refractivity contribution in [2.24, 2.45) is 0 Å². The molecule has 1 aromatic heterocycles. The molecular weight excluding hydrogens is 200 g/mol. The molecule has 0 spiro atoms. The van der Waals surface area contributed by atoms with Crippen molar-refractivity contribution in [2.75, 3.05) is 20.6 Å². The largest absolute Gasteiger partial charge is 0.304 e. The Morgan fingerprint density at radius 2 is 2.29 bits per heavy atom. The quantitative estimate of drug-likeness (QED) is 0.710. The Balaban J connectivity index is 2.96. The Hall–Kier alpha value is -1.15. The molecule has 0 N–H and O–H groups in total. The first-order valence-corrected chi connectivity index (χ1v) is 4.51. The van der Waals surface area contributed by atoms with Crippen molar-refractivity contribution < 1.29 is 4.79 Å². The smallest absolute Gasteiger partial charge is 0.129 e. The SMILES string of the molecule is CN(C)CC(=C=O)c1cncc(Cl)c1. The van der Waals surface area contributed by atoms with Crippen molar-refractivity contribution in [1.29, 1.82) is 0 Å². The van der Waals surface area contributed by atoms with Crippen LogP contribution in [-0.2, 0) is 4.79 Å². The van der Waals surface area contributed by atoms with Crippen molar-refractivity contribution in [3.05, 3.63) is 29.0 Å². The minimum Gasteiger partial charge on any atom is -0.304 e. The van der Waals surface area contributed by atoms with Gasteiger partial charge in [-0.1, -0.05) is 11.6 Å². The van der Waals surface area contributed by atoms with Crippen LogP contribution in [-0.4, -0.2) is 36.5 Å². The van der Waals surface area contributed by atoms with Gasteiger partial charge in [0.2, 0.25) is 0 Å². The average molecular weight is 211 g/mol. The van der Waals surface area contributed by atoms with E-state index in [0.29, 0.717) is 17.1 Å². The van der Waals surface area contributed by atoms with E-state index in [9.17, 15) is 4.79 Å². The topological polar surface area (TPSA) is 33.2 Å². The van der Waals surface area contributed by atoms with Crippen molar-refractivity contribution >= 4 is 23.1 Å². The lowest BCUT2D eigenvalue weighted by Crippen LogP contribution is -2.14. The number of likely N-dealkylation sites (N-methyl/N-ethyl adjacent to an activating group) is 1. The van der Waals surface area contributed by atoms with Gasteiger partial charge in [0.25, 0.3) is 0 Å². The van der Waals surface area contributed by atoms with E-state index in [1.54, 1.807) is 12.3 Å². The van der Waals surface area contributed by atoms with Gasteiger partial charge in [-0.15, -0.1) is 0 Å². The van der Waals surface area contributed by atoms with Crippen LogP contribution < -0.4 is 0 Å². The highest BCUT2D eigenvalue weighted by Crippen LogP contribution is 2.15. The molecule has 0 saturated carbocycles. The van der Waals surface area contributed by atoms with Gasteiger partial charge >= 0.3 is 0 Å². The summed E-state index contributed by atoms with van der Waals surface area (Å²) in [5.74, 6) is 1.90. The van der Waals surface area contributed by atoms with E-state index in [1.165, 1.54) is 6.20 Å². The predicted octanol–water partition coefficient (Wildman–Crippen LogP) is 1.51. The summed E-state index contributed by atoms with van der Waals surface area (Å²) in [6.45, 7) is 0.533. The number of pyridine rings is 1. The van der Waals surface area contributed by atoms with Crippen LogP contribution in [0.4, 0.5) is 0 Å². The second-order valence-corrected chi connectivity index (χ2v) is 3.65. The van der Waals surface area contributed by atoms with Crippen LogP contribution in [0.15, 0.2) is 18.5 Å². The molecule has 0 aliphatic rings. The second-order valence-electron chi connectivity index (χ2n) is 3.21. The van der Waals surface area contributed by atoms with Crippen LogP contribution in [0.3, 0.4) is 0 Å². The van der Waals surface area contributed by atoms with Gasteiger partial charge in [-0.05, 0) is 20.2 Å². The Morgan fingerprint density at radius 3 is 2.79 bits per heavy atom. The summed E-state index contributed by atoms with van der Waals surface area (Å²) in [5.41, 5.74) is 1.28. The first kappa shape index (κ1) is 10.9. The summed E-state index contributed by atoms with van der Waals surface area (Å²) in [4.78, 5) is 16.5. The fourth-order valence-electron chi connectivity index (χ4n) is 1.08. The van der Waals surface area contributed by atoms with Crippen molar-refractivity contribution in [3.8, 4) is 0 Å². The third-order valence-corrected chi connectivity index (χ3v) is 1.86. The molecule has 4 heteroatoms. The number of hydrogen-bond acceptors (Lipinski definition) is 3. The number of aromatic nitrogens is 1. The zero-order valence-corrected chi connectivity index (χ0v) is 8.88. The molecule has 74 valence electrons. The second kappa shape index (κ2) is 4.91. The number of halogens is 1. The summed E-state index contributed by atoms with van der Waals surface area (Å²) in [7, 11) is 3.77. The molecule has 14 heavy (non-hydrogen) atoms. The summed E-state index contributed by atoms with van der Waals surface area (Å²) in [6.07, 6.45) is 3.14. The fraction of sp³-hybridized carbons (Fsp3) is 0.300. The molecule has 0 atom stereocenters. The molecular formula is C10H11ClN2O. The van der Waals surface area contributed by atoms with Gasteiger partial charge in [-0.2, -0.15) is 0 Å². The molecule has 1 rings (SSSR count). The predicted molar refractivity (Wildman–Crippen MR) is 56.9 cm³/mol. The third-order valence-electron chi connectivity index (χ3n) is 1.65. The molecule has 3 nitrogen and oxygen atoms in total. The van der Waals surface area contributed by atoms with Crippen LogP contribution in [0.1, 0.15) is 5.56 Å². The molecule has 1 aromatic rings. The maximum Gasteiger partial charge on any atom is 0.129 e. The summed E-state index contributed by atoms with van der Waals surface area (Å²) in [5, 5.41) is 0.522. The number of carbonyl (C=O) groups excluding carboxylic acids is 1. The Bertz CT molecular complexity index is 370. The van der Waals surface area contributed by atoms with E-state index in [1.807, 2.05) is 24.9 Å². The standard InChI is InChI=1S/C10H11ClN2O/c1-13(2)6-9(7-14)8-3-10(11)5-12-4-8/h3-5H,6H2,1-2H3. The number of rotatable bonds is 3. The van der Waals surface area contributed by atoms with E-state index >= 15 is 0 Å². The molecule has 1 heterocycles. The third kappa shape index (κ3) is 2.96. The van der Waals surface area contributed by atoms with Crippen LogP contribution in [0.5, 0.6) is 0 Å². The molecule has 0 saturated heterocycles. The highest BCUT2D eigenvalue weighted by Gasteiger charge is 2.05. The Kier molecular flexibility index (Phi) is 3.84. The van der Waals surface area contributed by atoms with Gasteiger partial charge in [0.05, 0.1) is 10.6 Å². The van der Waals surface area contributed by atoms with Gasteiger partial charge in [-0.3, -0.25) is 4.98 Å². The monoisotopic (exact) mass is 210 g/mol. The molecule has 0 aliphatic carbocycles.